The normalized spacial score (nSPS) is 17.4. The van der Waals surface area contributed by atoms with Gasteiger partial charge in [0, 0.05) is 19.3 Å². The number of amides is 1. The Morgan fingerprint density at radius 3 is 2.55 bits per heavy atom. The van der Waals surface area contributed by atoms with Crippen molar-refractivity contribution in [2.75, 3.05) is 11.4 Å². The zero-order valence-corrected chi connectivity index (χ0v) is 17.1. The number of hydrogen-bond donors (Lipinski definition) is 0. The molecule has 31 heavy (non-hydrogen) atoms. The second-order valence-corrected chi connectivity index (χ2v) is 7.82. The van der Waals surface area contributed by atoms with Crippen LogP contribution in [0.4, 0.5) is 5.95 Å². The van der Waals surface area contributed by atoms with E-state index in [4.69, 9.17) is 0 Å². The number of ketones is 1. The van der Waals surface area contributed by atoms with E-state index in [-0.39, 0.29) is 18.1 Å². The Labute approximate surface area is 180 Å². The lowest BCUT2D eigenvalue weighted by Gasteiger charge is -2.28. The van der Waals surface area contributed by atoms with Gasteiger partial charge in [0.1, 0.15) is 0 Å². The summed E-state index contributed by atoms with van der Waals surface area (Å²) in [5.74, 6) is 0.283. The average Bonchev–Trinajstić information content (AvgIpc) is 3.06. The van der Waals surface area contributed by atoms with Crippen LogP contribution in [0.5, 0.6) is 0 Å². The highest BCUT2D eigenvalue weighted by atomic mass is 16.2. The van der Waals surface area contributed by atoms with E-state index in [1.807, 2.05) is 36.4 Å². The van der Waals surface area contributed by atoms with Gasteiger partial charge in [-0.25, -0.2) is 9.97 Å². The number of hydrogen-bond acceptors (Lipinski definition) is 5. The summed E-state index contributed by atoms with van der Waals surface area (Å²) < 4.78 is 0. The summed E-state index contributed by atoms with van der Waals surface area (Å²) in [4.78, 5) is 37.8. The Bertz CT molecular complexity index is 1170. The molecule has 1 aromatic heterocycles. The topological polar surface area (TPSA) is 66.4 Å². The zero-order chi connectivity index (χ0) is 21.2. The number of nitrogens with zero attached hydrogens (tertiary/aromatic N) is 4. The molecular weight excluding hydrogens is 388 g/mol. The lowest BCUT2D eigenvalue weighted by molar-refractivity contribution is -0.127. The van der Waals surface area contributed by atoms with E-state index in [0.29, 0.717) is 23.9 Å². The first-order valence-electron chi connectivity index (χ1n) is 10.4. The van der Waals surface area contributed by atoms with E-state index in [9.17, 15) is 9.59 Å². The van der Waals surface area contributed by atoms with Crippen LogP contribution in [0, 0.1) is 0 Å². The van der Waals surface area contributed by atoms with Crippen LogP contribution >= 0.6 is 0 Å². The van der Waals surface area contributed by atoms with Crippen molar-refractivity contribution in [2.24, 2.45) is 0 Å². The molecule has 2 aromatic carbocycles. The first kappa shape index (κ1) is 19.2. The summed E-state index contributed by atoms with van der Waals surface area (Å²) >= 11 is 0. The number of carbonyl (C=O) groups excluding carboxylic acids is 2. The average molecular weight is 410 g/mol. The van der Waals surface area contributed by atoms with Crippen LogP contribution < -0.4 is 4.90 Å². The van der Waals surface area contributed by atoms with E-state index >= 15 is 0 Å². The molecule has 0 aliphatic carbocycles. The Morgan fingerprint density at radius 2 is 1.71 bits per heavy atom. The summed E-state index contributed by atoms with van der Waals surface area (Å²) in [6.07, 6.45) is 4.26. The van der Waals surface area contributed by atoms with E-state index in [2.05, 4.69) is 33.1 Å². The Morgan fingerprint density at radius 1 is 0.935 bits per heavy atom. The number of rotatable bonds is 4. The predicted octanol–water partition coefficient (Wildman–Crippen LogP) is 3.38. The second-order valence-electron chi connectivity index (χ2n) is 7.82. The third-order valence-corrected chi connectivity index (χ3v) is 5.74. The molecule has 3 aromatic rings. The summed E-state index contributed by atoms with van der Waals surface area (Å²) in [6, 6.07) is 19.9. The molecule has 1 saturated heterocycles. The van der Waals surface area contributed by atoms with Crippen LogP contribution in [0.2, 0.25) is 0 Å². The number of aromatic nitrogens is 2. The van der Waals surface area contributed by atoms with Crippen molar-refractivity contribution >= 4 is 23.7 Å². The van der Waals surface area contributed by atoms with Crippen molar-refractivity contribution < 1.29 is 9.59 Å². The molecule has 0 saturated carbocycles. The van der Waals surface area contributed by atoms with Gasteiger partial charge in [-0.1, -0.05) is 54.6 Å². The molecule has 0 N–H and O–H groups in total. The number of anilines is 1. The standard InChI is InChI=1S/C25H22N4O2/c30-23-15-24(31)29(16-18-6-2-1-3-7-18)22(23)14-21-10-12-26-25(27-21)28-13-11-19-8-4-5-9-20(19)17-28/h1-10,12,14H,11,13,15-17H2/b22-14-. The molecule has 2 aliphatic rings. The third-order valence-electron chi connectivity index (χ3n) is 5.74. The van der Waals surface area contributed by atoms with E-state index in [0.717, 1.165) is 25.1 Å². The van der Waals surface area contributed by atoms with E-state index in [1.165, 1.54) is 11.1 Å². The monoisotopic (exact) mass is 410 g/mol. The minimum absolute atomic E-state index is 0.0977. The largest absolute Gasteiger partial charge is 0.336 e. The fraction of sp³-hybridized carbons (Fsp3) is 0.200. The molecule has 2 aliphatic heterocycles. The molecule has 5 rings (SSSR count). The number of fused-ring (bicyclic) bond motifs is 1. The van der Waals surface area contributed by atoms with Gasteiger partial charge in [0.25, 0.3) is 0 Å². The maximum absolute atomic E-state index is 12.5. The van der Waals surface area contributed by atoms with Gasteiger partial charge in [-0.2, -0.15) is 0 Å². The second kappa shape index (κ2) is 8.14. The van der Waals surface area contributed by atoms with Crippen LogP contribution in [0.1, 0.15) is 28.8 Å². The van der Waals surface area contributed by atoms with Gasteiger partial charge >= 0.3 is 0 Å². The third kappa shape index (κ3) is 3.97. The quantitative estimate of drug-likeness (QED) is 0.487. The number of Topliss-reactive ketones (excluding diaryl/α,β-unsaturated/α-hetero) is 1. The van der Waals surface area contributed by atoms with Crippen molar-refractivity contribution in [1.82, 2.24) is 14.9 Å². The lowest BCUT2D eigenvalue weighted by Crippen LogP contribution is -2.31. The van der Waals surface area contributed by atoms with Gasteiger partial charge in [0.05, 0.1) is 24.4 Å². The van der Waals surface area contributed by atoms with Crippen molar-refractivity contribution in [3.05, 3.63) is 94.9 Å². The summed E-state index contributed by atoms with van der Waals surface area (Å²) in [6.45, 7) is 1.97. The highest BCUT2D eigenvalue weighted by Gasteiger charge is 2.33. The molecule has 3 heterocycles. The van der Waals surface area contributed by atoms with Crippen molar-refractivity contribution in [3.63, 3.8) is 0 Å². The minimum atomic E-state index is -0.179. The lowest BCUT2D eigenvalue weighted by atomic mass is 10.0. The van der Waals surface area contributed by atoms with E-state index < -0.39 is 0 Å². The number of likely N-dealkylation sites (tertiary alicyclic amines) is 1. The van der Waals surface area contributed by atoms with Gasteiger partial charge in [0.15, 0.2) is 5.78 Å². The predicted molar refractivity (Wildman–Crippen MR) is 118 cm³/mol. The highest BCUT2D eigenvalue weighted by molar-refractivity contribution is 6.16. The Balaban J connectivity index is 1.41. The summed E-state index contributed by atoms with van der Waals surface area (Å²) in [5, 5.41) is 0. The number of carbonyl (C=O) groups is 2. The molecule has 154 valence electrons. The fourth-order valence-corrected chi connectivity index (χ4v) is 4.11. The molecule has 6 heteroatoms. The maximum atomic E-state index is 12.5. The van der Waals surface area contributed by atoms with Gasteiger partial charge in [0.2, 0.25) is 11.9 Å². The molecular formula is C25H22N4O2. The molecule has 0 atom stereocenters. The first-order valence-corrected chi connectivity index (χ1v) is 10.4. The van der Waals surface area contributed by atoms with Gasteiger partial charge < -0.3 is 9.80 Å². The SMILES string of the molecule is O=C1CC(=O)N(Cc2ccccc2)/C1=C\c1ccnc(N2CCc3ccccc3C2)n1. The fourth-order valence-electron chi connectivity index (χ4n) is 4.11. The van der Waals surface area contributed by atoms with Crippen LogP contribution in [0.3, 0.4) is 0 Å². The molecule has 0 radical (unpaired) electrons. The van der Waals surface area contributed by atoms with Crippen molar-refractivity contribution in [1.29, 1.82) is 0 Å². The van der Waals surface area contributed by atoms with Gasteiger partial charge in [-0.3, -0.25) is 9.59 Å². The van der Waals surface area contributed by atoms with Crippen molar-refractivity contribution in [2.45, 2.75) is 25.9 Å². The summed E-state index contributed by atoms with van der Waals surface area (Å²) in [7, 11) is 0. The van der Waals surface area contributed by atoms with Crippen LogP contribution in [0.25, 0.3) is 6.08 Å². The van der Waals surface area contributed by atoms with Gasteiger partial charge in [-0.15, -0.1) is 0 Å². The molecule has 0 unspecified atom stereocenters. The summed E-state index contributed by atoms with van der Waals surface area (Å²) in [5.41, 5.74) is 4.64. The Kier molecular flexibility index (Phi) is 5.04. The maximum Gasteiger partial charge on any atom is 0.235 e. The molecule has 0 bridgehead atoms. The molecule has 0 spiro atoms. The van der Waals surface area contributed by atoms with Crippen LogP contribution in [0.15, 0.2) is 72.6 Å². The smallest absolute Gasteiger partial charge is 0.235 e. The highest BCUT2D eigenvalue weighted by Crippen LogP contribution is 2.25. The van der Waals surface area contributed by atoms with Crippen LogP contribution in [-0.4, -0.2) is 33.1 Å². The minimum Gasteiger partial charge on any atom is -0.336 e. The molecule has 6 nitrogen and oxygen atoms in total. The Hall–Kier alpha value is -3.80. The van der Waals surface area contributed by atoms with Crippen LogP contribution in [-0.2, 0) is 29.1 Å². The zero-order valence-electron chi connectivity index (χ0n) is 17.1. The number of allylic oxidation sites excluding steroid dienone is 1. The molecule has 1 amide bonds. The van der Waals surface area contributed by atoms with Gasteiger partial charge in [-0.05, 0) is 35.3 Å². The van der Waals surface area contributed by atoms with E-state index in [1.54, 1.807) is 23.2 Å². The van der Waals surface area contributed by atoms with Crippen molar-refractivity contribution in [3.8, 4) is 0 Å². The number of benzene rings is 2. The first-order chi connectivity index (χ1) is 15.2. The molecule has 1 fully saturated rings.